The quantitative estimate of drug-likeness (QED) is 0.679. The number of amides is 2. The molecule has 1 saturated heterocycles. The van der Waals surface area contributed by atoms with Gasteiger partial charge >= 0.3 is 5.97 Å². The van der Waals surface area contributed by atoms with Crippen molar-refractivity contribution in [3.8, 4) is 5.75 Å². The molecule has 1 aliphatic heterocycles. The molecule has 0 radical (unpaired) electrons. The number of para-hydroxylation sites is 1. The normalized spacial score (nSPS) is 16.9. The zero-order chi connectivity index (χ0) is 22.2. The summed E-state index contributed by atoms with van der Waals surface area (Å²) in [6.45, 7) is 0.492. The van der Waals surface area contributed by atoms with Gasteiger partial charge in [0.2, 0.25) is 5.91 Å². The molecule has 2 atom stereocenters. The monoisotopic (exact) mass is 424 g/mol. The fraction of sp³-hybridized carbons (Fsp3) is 0.375. The van der Waals surface area contributed by atoms with Crippen LogP contribution in [-0.2, 0) is 16.0 Å². The molecule has 0 saturated carbocycles. The average molecular weight is 424 g/mol. The Kier molecular flexibility index (Phi) is 7.65. The van der Waals surface area contributed by atoms with Gasteiger partial charge in [-0.25, -0.2) is 0 Å². The molecule has 1 fully saturated rings. The molecule has 2 aromatic carbocycles. The minimum Gasteiger partial charge on any atom is -0.496 e. The van der Waals surface area contributed by atoms with Crippen LogP contribution in [0.4, 0.5) is 0 Å². The van der Waals surface area contributed by atoms with Crippen LogP contribution in [0.3, 0.4) is 0 Å². The molecule has 1 aliphatic rings. The summed E-state index contributed by atoms with van der Waals surface area (Å²) in [5.41, 5.74) is 1.31. The molecule has 2 amide bonds. The lowest BCUT2D eigenvalue weighted by Gasteiger charge is -2.35. The number of carboxylic acids is 1. The number of hydrogen-bond acceptors (Lipinski definition) is 4. The molecule has 164 valence electrons. The maximum absolute atomic E-state index is 12.9. The van der Waals surface area contributed by atoms with Gasteiger partial charge in [0.05, 0.1) is 13.0 Å². The number of likely N-dealkylation sites (tertiary alicyclic amines) is 1. The SMILES string of the molecule is COc1ccccc1C[C@H](CNC(=O)[C@@H]1CCCCN1C(=O)c1ccccc1)C(=O)O. The number of hydrogen-bond donors (Lipinski definition) is 2. The molecule has 2 N–H and O–H groups in total. The van der Waals surface area contributed by atoms with Crippen LogP contribution in [-0.4, -0.2) is 54.0 Å². The summed E-state index contributed by atoms with van der Waals surface area (Å²) in [6.07, 6.45) is 2.49. The van der Waals surface area contributed by atoms with Crippen molar-refractivity contribution in [2.45, 2.75) is 31.7 Å². The van der Waals surface area contributed by atoms with Gasteiger partial charge in [0.1, 0.15) is 11.8 Å². The Morgan fingerprint density at radius 2 is 1.81 bits per heavy atom. The maximum Gasteiger partial charge on any atom is 0.308 e. The van der Waals surface area contributed by atoms with Gasteiger partial charge in [-0.05, 0) is 49.4 Å². The molecule has 0 aliphatic carbocycles. The van der Waals surface area contributed by atoms with Crippen molar-refractivity contribution in [1.29, 1.82) is 0 Å². The van der Waals surface area contributed by atoms with E-state index in [1.165, 1.54) is 7.11 Å². The van der Waals surface area contributed by atoms with Crippen LogP contribution in [0.25, 0.3) is 0 Å². The van der Waals surface area contributed by atoms with Gasteiger partial charge in [0.15, 0.2) is 0 Å². The summed E-state index contributed by atoms with van der Waals surface area (Å²) in [7, 11) is 1.54. The van der Waals surface area contributed by atoms with E-state index in [1.807, 2.05) is 24.3 Å². The van der Waals surface area contributed by atoms with E-state index in [1.54, 1.807) is 35.2 Å². The molecule has 31 heavy (non-hydrogen) atoms. The Morgan fingerprint density at radius 1 is 1.10 bits per heavy atom. The number of methoxy groups -OCH3 is 1. The third-order valence-corrected chi connectivity index (χ3v) is 5.62. The Hall–Kier alpha value is -3.35. The van der Waals surface area contributed by atoms with Crippen LogP contribution < -0.4 is 10.1 Å². The molecule has 2 aromatic rings. The summed E-state index contributed by atoms with van der Waals surface area (Å²) < 4.78 is 5.30. The molecule has 0 aromatic heterocycles. The van der Waals surface area contributed by atoms with Crippen LogP contribution in [0, 0.1) is 5.92 Å². The number of carboxylic acid groups (broad SMARTS) is 1. The van der Waals surface area contributed by atoms with Gasteiger partial charge in [-0.15, -0.1) is 0 Å². The standard InChI is InChI=1S/C24H28N2O5/c1-31-21-13-6-5-11-18(21)15-19(24(29)30)16-25-22(27)20-12-7-8-14-26(20)23(28)17-9-3-2-4-10-17/h2-6,9-11,13,19-20H,7-8,12,14-16H2,1H3,(H,25,27)(H,29,30)/t19-,20+/m1/s1. The first-order chi connectivity index (χ1) is 15.0. The third-order valence-electron chi connectivity index (χ3n) is 5.62. The Bertz CT molecular complexity index is 915. The first kappa shape index (κ1) is 22.3. The van der Waals surface area contributed by atoms with Crippen molar-refractivity contribution in [3.05, 3.63) is 65.7 Å². The Morgan fingerprint density at radius 3 is 2.52 bits per heavy atom. The predicted molar refractivity (Wildman–Crippen MR) is 116 cm³/mol. The molecule has 7 nitrogen and oxygen atoms in total. The molecule has 0 unspecified atom stereocenters. The highest BCUT2D eigenvalue weighted by Crippen LogP contribution is 2.22. The number of carbonyl (C=O) groups excluding carboxylic acids is 2. The maximum atomic E-state index is 12.9. The summed E-state index contributed by atoms with van der Waals surface area (Å²) >= 11 is 0. The van der Waals surface area contributed by atoms with Gasteiger partial charge in [-0.1, -0.05) is 36.4 Å². The minimum atomic E-state index is -0.993. The number of aliphatic carboxylic acids is 1. The van der Waals surface area contributed by atoms with Crippen molar-refractivity contribution in [2.75, 3.05) is 20.2 Å². The van der Waals surface area contributed by atoms with E-state index in [9.17, 15) is 19.5 Å². The number of piperidine rings is 1. The number of nitrogens with one attached hydrogen (secondary N) is 1. The van der Waals surface area contributed by atoms with Crippen LogP contribution in [0.5, 0.6) is 5.75 Å². The first-order valence-corrected chi connectivity index (χ1v) is 10.5. The molecule has 1 heterocycles. The second kappa shape index (κ2) is 10.6. The van der Waals surface area contributed by atoms with Crippen molar-refractivity contribution < 1.29 is 24.2 Å². The van der Waals surface area contributed by atoms with Crippen LogP contribution in [0.15, 0.2) is 54.6 Å². The second-order valence-corrected chi connectivity index (χ2v) is 7.67. The van der Waals surface area contributed by atoms with Crippen molar-refractivity contribution in [1.82, 2.24) is 10.2 Å². The summed E-state index contributed by atoms with van der Waals surface area (Å²) in [6, 6.07) is 15.5. The lowest BCUT2D eigenvalue weighted by Crippen LogP contribution is -2.52. The van der Waals surface area contributed by atoms with Crippen LogP contribution in [0.1, 0.15) is 35.2 Å². The molecule has 3 rings (SSSR count). The minimum absolute atomic E-state index is 0.0178. The first-order valence-electron chi connectivity index (χ1n) is 10.5. The number of carbonyl (C=O) groups is 3. The lowest BCUT2D eigenvalue weighted by atomic mass is 9.97. The molecule has 7 heteroatoms. The van der Waals surface area contributed by atoms with Crippen molar-refractivity contribution >= 4 is 17.8 Å². The van der Waals surface area contributed by atoms with E-state index in [4.69, 9.17) is 4.74 Å². The highest BCUT2D eigenvalue weighted by Gasteiger charge is 2.33. The van der Waals surface area contributed by atoms with Gasteiger partial charge < -0.3 is 20.1 Å². The van der Waals surface area contributed by atoms with Crippen LogP contribution in [0.2, 0.25) is 0 Å². The van der Waals surface area contributed by atoms with E-state index < -0.39 is 17.9 Å². The molecule has 0 spiro atoms. The third kappa shape index (κ3) is 5.63. The average Bonchev–Trinajstić information content (AvgIpc) is 2.81. The van der Waals surface area contributed by atoms with E-state index in [0.29, 0.717) is 24.3 Å². The number of rotatable bonds is 8. The highest BCUT2D eigenvalue weighted by atomic mass is 16.5. The second-order valence-electron chi connectivity index (χ2n) is 7.67. The summed E-state index contributed by atoms with van der Waals surface area (Å²) in [5.74, 6) is -1.67. The van der Waals surface area contributed by atoms with E-state index in [-0.39, 0.29) is 24.8 Å². The molecular formula is C24H28N2O5. The predicted octanol–water partition coefficient (Wildman–Crippen LogP) is 2.75. The Balaban J connectivity index is 1.66. The number of benzene rings is 2. The topological polar surface area (TPSA) is 95.9 Å². The highest BCUT2D eigenvalue weighted by molar-refractivity contribution is 5.97. The van der Waals surface area contributed by atoms with Gasteiger partial charge in [0.25, 0.3) is 5.91 Å². The van der Waals surface area contributed by atoms with E-state index in [2.05, 4.69) is 5.32 Å². The zero-order valence-electron chi connectivity index (χ0n) is 17.6. The van der Waals surface area contributed by atoms with E-state index in [0.717, 1.165) is 18.4 Å². The van der Waals surface area contributed by atoms with Crippen LogP contribution >= 0.6 is 0 Å². The summed E-state index contributed by atoms with van der Waals surface area (Å²) in [5, 5.41) is 12.4. The van der Waals surface area contributed by atoms with Crippen molar-refractivity contribution in [2.24, 2.45) is 5.92 Å². The largest absolute Gasteiger partial charge is 0.496 e. The smallest absolute Gasteiger partial charge is 0.308 e. The zero-order valence-corrected chi connectivity index (χ0v) is 17.6. The summed E-state index contributed by atoms with van der Waals surface area (Å²) in [4.78, 5) is 39.2. The fourth-order valence-electron chi connectivity index (χ4n) is 3.92. The van der Waals surface area contributed by atoms with Crippen molar-refractivity contribution in [3.63, 3.8) is 0 Å². The fourth-order valence-corrected chi connectivity index (χ4v) is 3.92. The van der Waals surface area contributed by atoms with Gasteiger partial charge in [-0.2, -0.15) is 0 Å². The van der Waals surface area contributed by atoms with Gasteiger partial charge in [0, 0.05) is 18.7 Å². The molecule has 0 bridgehead atoms. The number of ether oxygens (including phenoxy) is 1. The lowest BCUT2D eigenvalue weighted by molar-refractivity contribution is -0.141. The Labute approximate surface area is 182 Å². The van der Waals surface area contributed by atoms with E-state index >= 15 is 0 Å². The number of nitrogens with zero attached hydrogens (tertiary/aromatic N) is 1. The van der Waals surface area contributed by atoms with Gasteiger partial charge in [-0.3, -0.25) is 14.4 Å². The molecular weight excluding hydrogens is 396 g/mol.